The van der Waals surface area contributed by atoms with Crippen LogP contribution in [0, 0.1) is 26.6 Å². The highest BCUT2D eigenvalue weighted by Crippen LogP contribution is 2.27. The number of rotatable bonds is 4. The first kappa shape index (κ1) is 19.0. The summed E-state index contributed by atoms with van der Waals surface area (Å²) in [5, 5.41) is 3.47. The van der Waals surface area contributed by atoms with Gasteiger partial charge in [0.2, 0.25) is 0 Å². The van der Waals surface area contributed by atoms with E-state index in [-0.39, 0.29) is 5.82 Å². The minimum Gasteiger partial charge on any atom is -0.448 e. The Morgan fingerprint density at radius 3 is 2.41 bits per heavy atom. The molecular weight excluding hydrogens is 365 g/mol. The Morgan fingerprint density at radius 1 is 1.07 bits per heavy atom. The van der Waals surface area contributed by atoms with Crippen molar-refractivity contribution in [2.24, 2.45) is 0 Å². The fourth-order valence-corrected chi connectivity index (χ4v) is 3.92. The Hall–Kier alpha value is -2.73. The first-order valence-corrected chi connectivity index (χ1v) is 9.35. The Morgan fingerprint density at radius 2 is 1.74 bits per heavy atom. The summed E-state index contributed by atoms with van der Waals surface area (Å²) < 4.78 is 19.4. The molecule has 27 heavy (non-hydrogen) atoms. The van der Waals surface area contributed by atoms with E-state index in [2.05, 4.69) is 5.32 Å². The molecule has 1 aromatic heterocycles. The maximum absolute atomic E-state index is 13.3. The van der Waals surface area contributed by atoms with E-state index in [1.54, 1.807) is 12.1 Å². The summed E-state index contributed by atoms with van der Waals surface area (Å²) in [7, 11) is 0. The SMILES string of the molecule is Cc1cc(C)c(NC(=O)[C@H](C)OC(=O)c2cc3cc(F)ccc3s2)c(C)c1. The summed E-state index contributed by atoms with van der Waals surface area (Å²) in [6.45, 7) is 7.36. The van der Waals surface area contributed by atoms with Crippen molar-refractivity contribution in [3.05, 3.63) is 63.8 Å². The van der Waals surface area contributed by atoms with E-state index >= 15 is 0 Å². The third-order valence-electron chi connectivity index (χ3n) is 4.26. The van der Waals surface area contributed by atoms with Gasteiger partial charge in [0.1, 0.15) is 10.7 Å². The van der Waals surface area contributed by atoms with E-state index < -0.39 is 18.0 Å². The fourth-order valence-electron chi connectivity index (χ4n) is 2.99. The quantitative estimate of drug-likeness (QED) is 0.632. The van der Waals surface area contributed by atoms with Crippen LogP contribution in [0.4, 0.5) is 10.1 Å². The molecule has 3 rings (SSSR count). The molecule has 0 spiro atoms. The minimum absolute atomic E-state index is 0.331. The van der Waals surface area contributed by atoms with Gasteiger partial charge in [-0.3, -0.25) is 4.79 Å². The lowest BCUT2D eigenvalue weighted by Gasteiger charge is -2.16. The molecule has 0 aliphatic rings. The third-order valence-corrected chi connectivity index (χ3v) is 5.35. The number of carbonyl (C=O) groups is 2. The molecule has 6 heteroatoms. The van der Waals surface area contributed by atoms with Crippen molar-refractivity contribution in [2.45, 2.75) is 33.8 Å². The molecule has 0 aliphatic carbocycles. The topological polar surface area (TPSA) is 55.4 Å². The molecule has 0 unspecified atom stereocenters. The van der Waals surface area contributed by atoms with Crippen LogP contribution >= 0.6 is 11.3 Å². The van der Waals surface area contributed by atoms with Crippen LogP contribution in [0.1, 0.15) is 33.3 Å². The number of anilines is 1. The van der Waals surface area contributed by atoms with Gasteiger partial charge in [-0.05, 0) is 68.5 Å². The number of thiophene rings is 1. The number of aryl methyl sites for hydroxylation is 3. The highest BCUT2D eigenvalue weighted by molar-refractivity contribution is 7.20. The van der Waals surface area contributed by atoms with Crippen LogP contribution in [0.5, 0.6) is 0 Å². The van der Waals surface area contributed by atoms with Crippen molar-refractivity contribution in [2.75, 3.05) is 5.32 Å². The first-order chi connectivity index (χ1) is 12.7. The number of esters is 1. The number of fused-ring (bicyclic) bond motifs is 1. The van der Waals surface area contributed by atoms with Gasteiger partial charge in [-0.1, -0.05) is 17.7 Å². The van der Waals surface area contributed by atoms with Crippen molar-refractivity contribution >= 4 is 39.0 Å². The van der Waals surface area contributed by atoms with Gasteiger partial charge < -0.3 is 10.1 Å². The maximum Gasteiger partial charge on any atom is 0.349 e. The largest absolute Gasteiger partial charge is 0.448 e. The normalized spacial score (nSPS) is 12.0. The predicted molar refractivity (Wildman–Crippen MR) is 106 cm³/mol. The van der Waals surface area contributed by atoms with Gasteiger partial charge in [-0.2, -0.15) is 0 Å². The second kappa shape index (κ2) is 7.48. The van der Waals surface area contributed by atoms with Gasteiger partial charge in [0, 0.05) is 10.4 Å². The number of hydrogen-bond acceptors (Lipinski definition) is 4. The monoisotopic (exact) mass is 385 g/mol. The van der Waals surface area contributed by atoms with E-state index in [1.807, 2.05) is 32.9 Å². The average molecular weight is 385 g/mol. The van der Waals surface area contributed by atoms with Crippen LogP contribution in [0.25, 0.3) is 10.1 Å². The van der Waals surface area contributed by atoms with Crippen LogP contribution in [-0.4, -0.2) is 18.0 Å². The molecule has 1 atom stereocenters. The predicted octanol–water partition coefficient (Wildman–Crippen LogP) is 5.15. The van der Waals surface area contributed by atoms with Crippen LogP contribution in [0.15, 0.2) is 36.4 Å². The van der Waals surface area contributed by atoms with Crippen LogP contribution in [0.2, 0.25) is 0 Å². The molecule has 1 N–H and O–H groups in total. The van der Waals surface area contributed by atoms with Crippen LogP contribution < -0.4 is 5.32 Å². The summed E-state index contributed by atoms with van der Waals surface area (Å²) in [6, 6.07) is 9.86. The van der Waals surface area contributed by atoms with Crippen molar-refractivity contribution < 1.29 is 18.7 Å². The molecule has 0 saturated heterocycles. The molecule has 0 radical (unpaired) electrons. The molecule has 140 valence electrons. The summed E-state index contributed by atoms with van der Waals surface area (Å²) in [6.07, 6.45) is -0.959. The minimum atomic E-state index is -0.959. The molecule has 0 bridgehead atoms. The zero-order valence-corrected chi connectivity index (χ0v) is 16.4. The zero-order valence-electron chi connectivity index (χ0n) is 15.6. The van der Waals surface area contributed by atoms with E-state index in [1.165, 1.54) is 30.4 Å². The maximum atomic E-state index is 13.3. The number of carbonyl (C=O) groups excluding carboxylic acids is 2. The number of halogens is 1. The summed E-state index contributed by atoms with van der Waals surface area (Å²) in [4.78, 5) is 25.1. The van der Waals surface area contributed by atoms with Crippen molar-refractivity contribution in [3.63, 3.8) is 0 Å². The molecule has 0 saturated carbocycles. The second-order valence-electron chi connectivity index (χ2n) is 6.60. The fraction of sp³-hybridized carbons (Fsp3) is 0.238. The molecule has 0 aliphatic heterocycles. The molecule has 3 aromatic rings. The van der Waals surface area contributed by atoms with Crippen LogP contribution in [0.3, 0.4) is 0 Å². The molecule has 1 heterocycles. The number of ether oxygens (including phenoxy) is 1. The van der Waals surface area contributed by atoms with Gasteiger partial charge in [-0.15, -0.1) is 11.3 Å². The molecule has 4 nitrogen and oxygen atoms in total. The molecule has 1 amide bonds. The lowest BCUT2D eigenvalue weighted by Crippen LogP contribution is -2.30. The van der Waals surface area contributed by atoms with Crippen molar-refractivity contribution in [1.82, 2.24) is 0 Å². The highest BCUT2D eigenvalue weighted by atomic mass is 32.1. The number of nitrogens with one attached hydrogen (secondary N) is 1. The standard InChI is InChI=1S/C21H20FNO3S/c1-11-7-12(2)19(13(3)8-11)23-20(24)14(4)26-21(25)18-10-15-9-16(22)5-6-17(15)27-18/h5-10,14H,1-4H3,(H,23,24)/t14-/m0/s1. The van der Waals surface area contributed by atoms with Gasteiger partial charge in [0.15, 0.2) is 6.10 Å². The molecule has 2 aromatic carbocycles. The first-order valence-electron chi connectivity index (χ1n) is 8.53. The Labute approximate surface area is 161 Å². The van der Waals surface area contributed by atoms with E-state index in [4.69, 9.17) is 4.74 Å². The van der Waals surface area contributed by atoms with Crippen molar-refractivity contribution in [1.29, 1.82) is 0 Å². The Kier molecular flexibility index (Phi) is 5.28. The van der Waals surface area contributed by atoms with Gasteiger partial charge >= 0.3 is 5.97 Å². The highest BCUT2D eigenvalue weighted by Gasteiger charge is 2.21. The zero-order chi connectivity index (χ0) is 19.7. The molecular formula is C21H20FNO3S. The summed E-state index contributed by atoms with van der Waals surface area (Å²) in [5.41, 5.74) is 3.74. The van der Waals surface area contributed by atoms with Crippen LogP contribution in [-0.2, 0) is 9.53 Å². The summed E-state index contributed by atoms with van der Waals surface area (Å²) >= 11 is 1.21. The lowest BCUT2D eigenvalue weighted by molar-refractivity contribution is -0.123. The summed E-state index contributed by atoms with van der Waals surface area (Å²) in [5.74, 6) is -1.36. The number of hydrogen-bond donors (Lipinski definition) is 1. The van der Waals surface area contributed by atoms with E-state index in [0.717, 1.165) is 27.1 Å². The van der Waals surface area contributed by atoms with Gasteiger partial charge in [-0.25, -0.2) is 9.18 Å². The Balaban J connectivity index is 1.71. The van der Waals surface area contributed by atoms with E-state index in [9.17, 15) is 14.0 Å². The number of benzene rings is 2. The smallest absolute Gasteiger partial charge is 0.349 e. The lowest BCUT2D eigenvalue weighted by atomic mass is 10.0. The van der Waals surface area contributed by atoms with Crippen molar-refractivity contribution in [3.8, 4) is 0 Å². The third kappa shape index (κ3) is 4.17. The second-order valence-corrected chi connectivity index (χ2v) is 7.69. The van der Waals surface area contributed by atoms with E-state index in [0.29, 0.717) is 10.3 Å². The molecule has 0 fully saturated rings. The van der Waals surface area contributed by atoms with Gasteiger partial charge in [0.05, 0.1) is 0 Å². The Bertz CT molecular complexity index is 1020. The van der Waals surface area contributed by atoms with Gasteiger partial charge in [0.25, 0.3) is 5.91 Å². The average Bonchev–Trinajstić information content (AvgIpc) is 3.01. The number of amides is 1.